The van der Waals surface area contributed by atoms with Crippen LogP contribution in [-0.2, 0) is 10.0 Å². The molecule has 0 saturated heterocycles. The predicted molar refractivity (Wildman–Crippen MR) is 77.4 cm³/mol. The van der Waals surface area contributed by atoms with Crippen LogP contribution in [0, 0.1) is 5.92 Å². The van der Waals surface area contributed by atoms with E-state index in [9.17, 15) is 8.42 Å². The standard InChI is InChI=1S/C14H17N3O3S/c1-20-12-6-4-11(5-7-12)14(10-2-3-10)17-21(18,19)13-8-9-15-16-13/h4-10,14,17H,2-3H2,1H3,(H,15,16). The molecule has 3 rings (SSSR count). The van der Waals surface area contributed by atoms with E-state index >= 15 is 0 Å². The van der Waals surface area contributed by atoms with Gasteiger partial charge >= 0.3 is 0 Å². The predicted octanol–water partition coefficient (Wildman–Crippen LogP) is 1.85. The van der Waals surface area contributed by atoms with Crippen LogP contribution >= 0.6 is 0 Å². The van der Waals surface area contributed by atoms with Crippen LogP contribution in [0.2, 0.25) is 0 Å². The van der Waals surface area contributed by atoms with E-state index in [1.165, 1.54) is 12.3 Å². The lowest BCUT2D eigenvalue weighted by atomic mass is 10.0. The molecule has 6 nitrogen and oxygen atoms in total. The molecule has 0 bridgehead atoms. The highest BCUT2D eigenvalue weighted by Crippen LogP contribution is 2.41. The lowest BCUT2D eigenvalue weighted by Gasteiger charge is -2.18. The van der Waals surface area contributed by atoms with E-state index < -0.39 is 10.0 Å². The van der Waals surface area contributed by atoms with Gasteiger partial charge in [0.2, 0.25) is 0 Å². The molecule has 2 N–H and O–H groups in total. The fraction of sp³-hybridized carbons (Fsp3) is 0.357. The van der Waals surface area contributed by atoms with E-state index in [4.69, 9.17) is 4.74 Å². The Kier molecular flexibility index (Phi) is 3.69. The minimum Gasteiger partial charge on any atom is -0.497 e. The van der Waals surface area contributed by atoms with Gasteiger partial charge in [0.05, 0.1) is 13.3 Å². The summed E-state index contributed by atoms with van der Waals surface area (Å²) in [5, 5.41) is 6.27. The van der Waals surface area contributed by atoms with Crippen molar-refractivity contribution >= 4 is 10.0 Å². The van der Waals surface area contributed by atoms with Gasteiger partial charge in [-0.3, -0.25) is 5.10 Å². The van der Waals surface area contributed by atoms with Crippen molar-refractivity contribution < 1.29 is 13.2 Å². The molecule has 7 heteroatoms. The Balaban J connectivity index is 1.85. The SMILES string of the molecule is COc1ccc(C(NS(=O)(=O)c2ccn[nH]2)C2CC2)cc1. The molecule has 1 atom stereocenters. The normalized spacial score (nSPS) is 16.6. The Morgan fingerprint density at radius 3 is 2.52 bits per heavy atom. The number of H-pyrrole nitrogens is 1. The number of methoxy groups -OCH3 is 1. The number of aromatic amines is 1. The third kappa shape index (κ3) is 3.08. The van der Waals surface area contributed by atoms with E-state index in [-0.39, 0.29) is 11.1 Å². The maximum absolute atomic E-state index is 12.3. The molecule has 1 unspecified atom stereocenters. The molecule has 2 aromatic rings. The summed E-state index contributed by atoms with van der Waals surface area (Å²) in [5.41, 5.74) is 0.946. The summed E-state index contributed by atoms with van der Waals surface area (Å²) in [6, 6.07) is 8.71. The van der Waals surface area contributed by atoms with Gasteiger partial charge in [-0.25, -0.2) is 13.1 Å². The molecular weight excluding hydrogens is 290 g/mol. The highest BCUT2D eigenvalue weighted by atomic mass is 32.2. The van der Waals surface area contributed by atoms with Crippen molar-refractivity contribution in [3.8, 4) is 5.75 Å². The van der Waals surface area contributed by atoms with Gasteiger partial charge < -0.3 is 4.74 Å². The van der Waals surface area contributed by atoms with Crippen LogP contribution < -0.4 is 9.46 Å². The Morgan fingerprint density at radius 2 is 2.00 bits per heavy atom. The van der Waals surface area contributed by atoms with E-state index in [1.807, 2.05) is 24.3 Å². The topological polar surface area (TPSA) is 84.1 Å². The fourth-order valence-corrected chi connectivity index (χ4v) is 3.50. The van der Waals surface area contributed by atoms with Crippen LogP contribution in [0.25, 0.3) is 0 Å². The number of hydrogen-bond donors (Lipinski definition) is 2. The summed E-state index contributed by atoms with van der Waals surface area (Å²) in [6.45, 7) is 0. The second kappa shape index (κ2) is 5.50. The smallest absolute Gasteiger partial charge is 0.258 e. The zero-order chi connectivity index (χ0) is 14.9. The van der Waals surface area contributed by atoms with E-state index in [2.05, 4.69) is 14.9 Å². The monoisotopic (exact) mass is 307 g/mol. The lowest BCUT2D eigenvalue weighted by Crippen LogP contribution is -2.30. The van der Waals surface area contributed by atoms with Gasteiger partial charge in [0, 0.05) is 6.04 Å². The molecule has 0 aliphatic heterocycles. The second-order valence-corrected chi connectivity index (χ2v) is 6.81. The number of rotatable bonds is 6. The Morgan fingerprint density at radius 1 is 1.29 bits per heavy atom. The average Bonchev–Trinajstić information content (AvgIpc) is 3.17. The summed E-state index contributed by atoms with van der Waals surface area (Å²) in [7, 11) is -1.98. The minimum atomic E-state index is -3.58. The van der Waals surface area contributed by atoms with Gasteiger partial charge in [-0.05, 0) is 42.5 Å². The van der Waals surface area contributed by atoms with Crippen molar-refractivity contribution in [2.24, 2.45) is 5.92 Å². The first-order valence-electron chi connectivity index (χ1n) is 6.76. The fourth-order valence-electron chi connectivity index (χ4n) is 2.30. The zero-order valence-electron chi connectivity index (χ0n) is 11.6. The molecule has 0 spiro atoms. The van der Waals surface area contributed by atoms with Crippen molar-refractivity contribution in [1.82, 2.24) is 14.9 Å². The first kappa shape index (κ1) is 14.1. The van der Waals surface area contributed by atoms with Crippen LogP contribution in [0.15, 0.2) is 41.6 Å². The first-order valence-corrected chi connectivity index (χ1v) is 8.24. The molecule has 1 saturated carbocycles. The van der Waals surface area contributed by atoms with Crippen molar-refractivity contribution in [1.29, 1.82) is 0 Å². The molecule has 112 valence electrons. The van der Waals surface area contributed by atoms with Crippen LogP contribution in [0.4, 0.5) is 0 Å². The Labute approximate surface area is 123 Å². The third-order valence-electron chi connectivity index (χ3n) is 3.62. The highest BCUT2D eigenvalue weighted by Gasteiger charge is 2.35. The van der Waals surface area contributed by atoms with Gasteiger partial charge in [-0.2, -0.15) is 5.10 Å². The van der Waals surface area contributed by atoms with Crippen molar-refractivity contribution in [2.45, 2.75) is 23.9 Å². The van der Waals surface area contributed by atoms with Gasteiger partial charge in [0.15, 0.2) is 5.03 Å². The molecule has 0 radical (unpaired) electrons. The molecule has 1 aromatic heterocycles. The highest BCUT2D eigenvalue weighted by molar-refractivity contribution is 7.89. The third-order valence-corrected chi connectivity index (χ3v) is 4.99. The van der Waals surface area contributed by atoms with E-state index in [1.54, 1.807) is 7.11 Å². The molecule has 1 aliphatic rings. The van der Waals surface area contributed by atoms with Crippen LogP contribution in [-0.4, -0.2) is 25.7 Å². The van der Waals surface area contributed by atoms with Gasteiger partial charge in [-0.15, -0.1) is 0 Å². The molecule has 21 heavy (non-hydrogen) atoms. The van der Waals surface area contributed by atoms with Crippen LogP contribution in [0.1, 0.15) is 24.4 Å². The quantitative estimate of drug-likeness (QED) is 0.853. The van der Waals surface area contributed by atoms with Crippen LogP contribution in [0.3, 0.4) is 0 Å². The molecule has 1 fully saturated rings. The van der Waals surface area contributed by atoms with Gasteiger partial charge in [0.1, 0.15) is 5.75 Å². The molecule has 1 aliphatic carbocycles. The first-order chi connectivity index (χ1) is 10.1. The number of hydrogen-bond acceptors (Lipinski definition) is 4. The van der Waals surface area contributed by atoms with Crippen LogP contribution in [0.5, 0.6) is 5.75 Å². The number of aromatic nitrogens is 2. The Bertz CT molecular complexity index is 692. The number of nitrogens with one attached hydrogen (secondary N) is 2. The van der Waals surface area contributed by atoms with Gasteiger partial charge in [0.25, 0.3) is 10.0 Å². The summed E-state index contributed by atoms with van der Waals surface area (Å²) in [5.74, 6) is 1.10. The number of sulfonamides is 1. The number of ether oxygens (including phenoxy) is 1. The zero-order valence-corrected chi connectivity index (χ0v) is 12.4. The largest absolute Gasteiger partial charge is 0.497 e. The summed E-state index contributed by atoms with van der Waals surface area (Å²) >= 11 is 0. The minimum absolute atomic E-state index is 0.0849. The number of benzene rings is 1. The van der Waals surface area contributed by atoms with Crippen molar-refractivity contribution in [3.05, 3.63) is 42.1 Å². The maximum atomic E-state index is 12.3. The van der Waals surface area contributed by atoms with Crippen molar-refractivity contribution in [2.75, 3.05) is 7.11 Å². The van der Waals surface area contributed by atoms with E-state index in [0.29, 0.717) is 5.92 Å². The maximum Gasteiger partial charge on any atom is 0.258 e. The molecular formula is C14H17N3O3S. The summed E-state index contributed by atoms with van der Waals surface area (Å²) < 4.78 is 32.6. The second-order valence-electron chi connectivity index (χ2n) is 5.13. The average molecular weight is 307 g/mol. The lowest BCUT2D eigenvalue weighted by molar-refractivity contribution is 0.414. The Hall–Kier alpha value is -1.86. The molecule has 1 heterocycles. The number of nitrogens with zero attached hydrogens (tertiary/aromatic N) is 1. The van der Waals surface area contributed by atoms with Crippen molar-refractivity contribution in [3.63, 3.8) is 0 Å². The summed E-state index contributed by atoms with van der Waals surface area (Å²) in [4.78, 5) is 0. The summed E-state index contributed by atoms with van der Waals surface area (Å²) in [6.07, 6.45) is 3.48. The van der Waals surface area contributed by atoms with E-state index in [0.717, 1.165) is 24.2 Å². The van der Waals surface area contributed by atoms with Gasteiger partial charge in [-0.1, -0.05) is 12.1 Å². The molecule has 1 aromatic carbocycles. The molecule has 0 amide bonds.